The molecule has 1 heterocycles. The molecule has 104 valence electrons. The largest absolute Gasteiger partial charge is 0.396 e. The Morgan fingerprint density at radius 2 is 2.11 bits per heavy atom. The molecule has 5 heteroatoms. The van der Waals surface area contributed by atoms with E-state index in [1.54, 1.807) is 4.68 Å². The highest BCUT2D eigenvalue weighted by Gasteiger charge is 2.16. The van der Waals surface area contributed by atoms with E-state index in [4.69, 9.17) is 16.7 Å². The Labute approximate surface area is 114 Å². The van der Waals surface area contributed by atoms with Crippen LogP contribution >= 0.6 is 11.6 Å². The van der Waals surface area contributed by atoms with Gasteiger partial charge in [-0.3, -0.25) is 4.68 Å². The molecule has 0 aliphatic carbocycles. The lowest BCUT2D eigenvalue weighted by Gasteiger charge is -2.21. The number of rotatable bonds is 7. The van der Waals surface area contributed by atoms with Gasteiger partial charge in [-0.1, -0.05) is 32.4 Å². The second-order valence-corrected chi connectivity index (χ2v) is 5.29. The lowest BCUT2D eigenvalue weighted by molar-refractivity contribution is 0.244. The van der Waals surface area contributed by atoms with Crippen molar-refractivity contribution in [1.29, 1.82) is 0 Å². The van der Waals surface area contributed by atoms with Crippen LogP contribution in [0.1, 0.15) is 38.4 Å². The van der Waals surface area contributed by atoms with Crippen molar-refractivity contribution < 1.29 is 5.11 Å². The van der Waals surface area contributed by atoms with Crippen LogP contribution < -0.4 is 5.32 Å². The van der Waals surface area contributed by atoms with E-state index in [-0.39, 0.29) is 6.61 Å². The van der Waals surface area contributed by atoms with Crippen LogP contribution in [0.25, 0.3) is 0 Å². The number of halogens is 1. The van der Waals surface area contributed by atoms with E-state index in [1.165, 1.54) is 0 Å². The quantitative estimate of drug-likeness (QED) is 0.800. The summed E-state index contributed by atoms with van der Waals surface area (Å²) in [6.07, 6.45) is 1.64. The summed E-state index contributed by atoms with van der Waals surface area (Å²) in [5.74, 6) is 0.484. The van der Waals surface area contributed by atoms with Gasteiger partial charge in [-0.05, 0) is 18.8 Å². The summed E-state index contributed by atoms with van der Waals surface area (Å²) in [6.45, 7) is 7.30. The third-order valence-electron chi connectivity index (χ3n) is 3.27. The first-order valence-corrected chi connectivity index (χ1v) is 6.93. The zero-order valence-electron chi connectivity index (χ0n) is 11.7. The molecule has 1 rings (SSSR count). The second kappa shape index (κ2) is 7.12. The van der Waals surface area contributed by atoms with Gasteiger partial charge in [0.15, 0.2) is 0 Å². The molecule has 0 fully saturated rings. The number of hydrogen-bond acceptors (Lipinski definition) is 3. The molecule has 0 bridgehead atoms. The predicted octanol–water partition coefficient (Wildman–Crippen LogP) is 2.13. The van der Waals surface area contributed by atoms with E-state index >= 15 is 0 Å². The standard InChI is InChI=1S/C13H24ClN3O/c1-5-11-10(13(14)17(4)16-11)8-15-12(6-7-18)9(2)3/h9,12,15,18H,5-8H2,1-4H3. The third kappa shape index (κ3) is 3.70. The van der Waals surface area contributed by atoms with Crippen molar-refractivity contribution in [2.75, 3.05) is 6.61 Å². The normalized spacial score (nSPS) is 13.3. The zero-order chi connectivity index (χ0) is 13.7. The molecule has 0 spiro atoms. The van der Waals surface area contributed by atoms with Gasteiger partial charge in [-0.15, -0.1) is 0 Å². The van der Waals surface area contributed by atoms with Crippen molar-refractivity contribution in [2.24, 2.45) is 13.0 Å². The van der Waals surface area contributed by atoms with Crippen LogP contribution in [0.3, 0.4) is 0 Å². The van der Waals surface area contributed by atoms with Crippen molar-refractivity contribution >= 4 is 11.6 Å². The fourth-order valence-electron chi connectivity index (χ4n) is 2.10. The molecule has 2 N–H and O–H groups in total. The first-order valence-electron chi connectivity index (χ1n) is 6.55. The van der Waals surface area contributed by atoms with E-state index in [1.807, 2.05) is 7.05 Å². The molecule has 0 amide bonds. The van der Waals surface area contributed by atoms with Gasteiger partial charge < -0.3 is 10.4 Å². The topological polar surface area (TPSA) is 50.1 Å². The van der Waals surface area contributed by atoms with Crippen LogP contribution in [0.15, 0.2) is 0 Å². The summed E-state index contributed by atoms with van der Waals surface area (Å²) in [4.78, 5) is 0. The first-order chi connectivity index (χ1) is 8.51. The van der Waals surface area contributed by atoms with Crippen LogP contribution in [0.5, 0.6) is 0 Å². The monoisotopic (exact) mass is 273 g/mol. The summed E-state index contributed by atoms with van der Waals surface area (Å²) in [5.41, 5.74) is 2.12. The van der Waals surface area contributed by atoms with E-state index in [2.05, 4.69) is 31.2 Å². The van der Waals surface area contributed by atoms with Crippen LogP contribution in [-0.4, -0.2) is 27.5 Å². The summed E-state index contributed by atoms with van der Waals surface area (Å²) >= 11 is 6.24. The maximum atomic E-state index is 9.06. The van der Waals surface area contributed by atoms with E-state index < -0.39 is 0 Å². The Balaban J connectivity index is 2.72. The Bertz CT molecular complexity index is 377. The Kier molecular flexibility index (Phi) is 6.12. The highest BCUT2D eigenvalue weighted by atomic mass is 35.5. The molecular formula is C13H24ClN3O. The average Bonchev–Trinajstić information content (AvgIpc) is 2.60. The van der Waals surface area contributed by atoms with Crippen molar-refractivity contribution in [2.45, 2.75) is 46.2 Å². The maximum absolute atomic E-state index is 9.06. The smallest absolute Gasteiger partial charge is 0.131 e. The van der Waals surface area contributed by atoms with Crippen LogP contribution in [0.2, 0.25) is 5.15 Å². The molecule has 1 aromatic heterocycles. The van der Waals surface area contributed by atoms with Gasteiger partial charge in [-0.25, -0.2) is 0 Å². The SMILES string of the molecule is CCc1nn(C)c(Cl)c1CNC(CCO)C(C)C. The first kappa shape index (κ1) is 15.5. The van der Waals surface area contributed by atoms with E-state index in [0.717, 1.165) is 24.1 Å². The minimum atomic E-state index is 0.206. The van der Waals surface area contributed by atoms with Gasteiger partial charge >= 0.3 is 0 Å². The molecule has 1 unspecified atom stereocenters. The summed E-state index contributed by atoms with van der Waals surface area (Å²) < 4.78 is 1.72. The van der Waals surface area contributed by atoms with Crippen LogP contribution in [0.4, 0.5) is 0 Å². The molecular weight excluding hydrogens is 250 g/mol. The number of aliphatic hydroxyl groups is 1. The van der Waals surface area contributed by atoms with Gasteiger partial charge in [0.25, 0.3) is 0 Å². The molecule has 0 aliphatic heterocycles. The highest BCUT2D eigenvalue weighted by Crippen LogP contribution is 2.20. The molecule has 1 atom stereocenters. The second-order valence-electron chi connectivity index (χ2n) is 4.94. The lowest BCUT2D eigenvalue weighted by Crippen LogP contribution is -2.34. The average molecular weight is 274 g/mol. The molecule has 18 heavy (non-hydrogen) atoms. The maximum Gasteiger partial charge on any atom is 0.131 e. The number of aryl methyl sites for hydroxylation is 2. The zero-order valence-corrected chi connectivity index (χ0v) is 12.5. The van der Waals surface area contributed by atoms with Gasteiger partial charge in [0, 0.05) is 31.8 Å². The number of nitrogens with one attached hydrogen (secondary N) is 1. The Morgan fingerprint density at radius 1 is 1.44 bits per heavy atom. The highest BCUT2D eigenvalue weighted by molar-refractivity contribution is 6.30. The molecule has 0 saturated heterocycles. The minimum Gasteiger partial charge on any atom is -0.396 e. The van der Waals surface area contributed by atoms with Gasteiger partial charge in [0.2, 0.25) is 0 Å². The van der Waals surface area contributed by atoms with Crippen molar-refractivity contribution in [1.82, 2.24) is 15.1 Å². The molecule has 0 aromatic carbocycles. The predicted molar refractivity (Wildman–Crippen MR) is 74.8 cm³/mol. The number of nitrogens with zero attached hydrogens (tertiary/aromatic N) is 2. The third-order valence-corrected chi connectivity index (χ3v) is 3.75. The fourth-order valence-corrected chi connectivity index (χ4v) is 2.32. The number of hydrogen-bond donors (Lipinski definition) is 2. The van der Waals surface area contributed by atoms with Crippen molar-refractivity contribution in [3.8, 4) is 0 Å². The number of aromatic nitrogens is 2. The van der Waals surface area contributed by atoms with Crippen molar-refractivity contribution in [3.63, 3.8) is 0 Å². The van der Waals surface area contributed by atoms with Gasteiger partial charge in [0.05, 0.1) is 5.69 Å². The Morgan fingerprint density at radius 3 is 2.61 bits per heavy atom. The molecule has 0 saturated carbocycles. The van der Waals surface area contributed by atoms with Crippen LogP contribution in [-0.2, 0) is 20.0 Å². The van der Waals surface area contributed by atoms with E-state index in [9.17, 15) is 0 Å². The summed E-state index contributed by atoms with van der Waals surface area (Å²) in [5, 5.41) is 17.6. The fraction of sp³-hybridized carbons (Fsp3) is 0.769. The lowest BCUT2D eigenvalue weighted by atomic mass is 10.0. The number of aliphatic hydroxyl groups excluding tert-OH is 1. The minimum absolute atomic E-state index is 0.206. The van der Waals surface area contributed by atoms with Crippen LogP contribution in [0, 0.1) is 5.92 Å². The molecule has 1 aromatic rings. The summed E-state index contributed by atoms with van der Waals surface area (Å²) in [6, 6.07) is 0.302. The van der Waals surface area contributed by atoms with Gasteiger partial charge in [-0.2, -0.15) is 5.10 Å². The van der Waals surface area contributed by atoms with Crippen molar-refractivity contribution in [3.05, 3.63) is 16.4 Å². The molecule has 4 nitrogen and oxygen atoms in total. The van der Waals surface area contributed by atoms with E-state index in [0.29, 0.717) is 23.7 Å². The Hall–Kier alpha value is -0.580. The molecule has 0 aliphatic rings. The van der Waals surface area contributed by atoms with Gasteiger partial charge in [0.1, 0.15) is 5.15 Å². The molecule has 0 radical (unpaired) electrons. The summed E-state index contributed by atoms with van der Waals surface area (Å²) in [7, 11) is 1.86.